The van der Waals surface area contributed by atoms with Crippen LogP contribution in [0.15, 0.2) is 23.2 Å². The van der Waals surface area contributed by atoms with Crippen LogP contribution in [-0.4, -0.2) is 29.6 Å². The van der Waals surface area contributed by atoms with Gasteiger partial charge in [-0.2, -0.15) is 0 Å². The van der Waals surface area contributed by atoms with Crippen molar-refractivity contribution in [3.05, 3.63) is 29.6 Å². The van der Waals surface area contributed by atoms with Crippen molar-refractivity contribution in [2.75, 3.05) is 6.54 Å². The van der Waals surface area contributed by atoms with Crippen LogP contribution in [0.4, 0.5) is 10.1 Å². The molecule has 1 aromatic carbocycles. The highest BCUT2D eigenvalue weighted by atomic mass is 19.1. The van der Waals surface area contributed by atoms with Crippen LogP contribution >= 0.6 is 0 Å². The molecule has 0 aliphatic carbocycles. The lowest BCUT2D eigenvalue weighted by Crippen LogP contribution is -2.35. The highest BCUT2D eigenvalue weighted by Gasteiger charge is 2.31. The van der Waals surface area contributed by atoms with E-state index in [4.69, 9.17) is 0 Å². The zero-order valence-electron chi connectivity index (χ0n) is 8.69. The van der Waals surface area contributed by atoms with E-state index in [2.05, 4.69) is 4.99 Å². The summed E-state index contributed by atoms with van der Waals surface area (Å²) in [6.07, 6.45) is 3.74. The number of aliphatic imine (C=N–C) groups is 1. The largest absolute Gasteiger partial charge is 0.331 e. The molecule has 0 N–H and O–H groups in total. The molecule has 4 heteroatoms. The van der Waals surface area contributed by atoms with Crippen LogP contribution in [0.5, 0.6) is 0 Å². The second-order valence-electron chi connectivity index (χ2n) is 4.15. The quantitative estimate of drug-likeness (QED) is 0.656. The molecule has 2 heterocycles. The Morgan fingerprint density at radius 1 is 1.44 bits per heavy atom. The van der Waals surface area contributed by atoms with Crippen molar-refractivity contribution in [2.24, 2.45) is 4.99 Å². The first-order chi connectivity index (χ1) is 7.75. The summed E-state index contributed by atoms with van der Waals surface area (Å²) in [6, 6.07) is 4.25. The lowest BCUT2D eigenvalue weighted by atomic mass is 10.1. The average molecular weight is 218 g/mol. The molecule has 0 saturated carbocycles. The number of benzene rings is 1. The van der Waals surface area contributed by atoms with Gasteiger partial charge in [-0.25, -0.2) is 4.39 Å². The van der Waals surface area contributed by atoms with Crippen molar-refractivity contribution in [1.82, 2.24) is 4.90 Å². The monoisotopic (exact) mass is 218 g/mol. The van der Waals surface area contributed by atoms with Crippen molar-refractivity contribution < 1.29 is 9.18 Å². The van der Waals surface area contributed by atoms with Gasteiger partial charge in [-0.3, -0.25) is 9.79 Å². The van der Waals surface area contributed by atoms with E-state index in [0.717, 1.165) is 19.4 Å². The summed E-state index contributed by atoms with van der Waals surface area (Å²) in [7, 11) is 0. The van der Waals surface area contributed by atoms with Crippen LogP contribution in [0.2, 0.25) is 0 Å². The normalized spacial score (nSPS) is 22.9. The summed E-state index contributed by atoms with van der Waals surface area (Å²) in [5, 5.41) is 0. The average Bonchev–Trinajstić information content (AvgIpc) is 2.70. The molecule has 3 nitrogen and oxygen atoms in total. The fourth-order valence-corrected chi connectivity index (χ4v) is 2.31. The van der Waals surface area contributed by atoms with E-state index in [0.29, 0.717) is 11.3 Å². The molecule has 0 aromatic heterocycles. The van der Waals surface area contributed by atoms with Crippen LogP contribution in [0.1, 0.15) is 23.2 Å². The van der Waals surface area contributed by atoms with E-state index >= 15 is 0 Å². The molecule has 1 amide bonds. The molecule has 3 rings (SSSR count). The van der Waals surface area contributed by atoms with E-state index in [1.807, 2.05) is 0 Å². The molecule has 0 spiro atoms. The van der Waals surface area contributed by atoms with Crippen LogP contribution in [0, 0.1) is 5.82 Å². The minimum atomic E-state index is -0.389. The number of rotatable bonds is 0. The Morgan fingerprint density at radius 2 is 2.31 bits per heavy atom. The van der Waals surface area contributed by atoms with Gasteiger partial charge in [0.25, 0.3) is 5.91 Å². The standard InChI is InChI=1S/C12H11FN2O/c13-8-3-4-11-10(6-8)12(16)15-5-1-2-9(15)7-14-11/h3-4,6-7,9H,1-2,5H2/t9-/m0/s1. The Balaban J connectivity index is 2.12. The molecule has 2 aliphatic heterocycles. The topological polar surface area (TPSA) is 32.7 Å². The zero-order chi connectivity index (χ0) is 11.1. The molecule has 1 fully saturated rings. The number of fused-ring (bicyclic) bond motifs is 2. The molecule has 2 aliphatic rings. The first-order valence-electron chi connectivity index (χ1n) is 5.40. The smallest absolute Gasteiger partial charge is 0.256 e. The number of hydrogen-bond donors (Lipinski definition) is 0. The third-order valence-electron chi connectivity index (χ3n) is 3.13. The third-order valence-corrected chi connectivity index (χ3v) is 3.13. The molecule has 0 bridgehead atoms. The van der Waals surface area contributed by atoms with Crippen molar-refractivity contribution in [2.45, 2.75) is 18.9 Å². The van der Waals surface area contributed by atoms with Gasteiger partial charge in [0.2, 0.25) is 0 Å². The molecular formula is C12H11FN2O. The van der Waals surface area contributed by atoms with Gasteiger partial charge in [0.1, 0.15) is 5.82 Å². The van der Waals surface area contributed by atoms with Gasteiger partial charge in [-0.05, 0) is 31.0 Å². The predicted molar refractivity (Wildman–Crippen MR) is 58.6 cm³/mol. The minimum absolute atomic E-state index is 0.0861. The van der Waals surface area contributed by atoms with Crippen molar-refractivity contribution in [3.63, 3.8) is 0 Å². The zero-order valence-corrected chi connectivity index (χ0v) is 8.69. The van der Waals surface area contributed by atoms with Gasteiger partial charge in [0.15, 0.2) is 0 Å². The number of carbonyl (C=O) groups is 1. The van der Waals surface area contributed by atoms with Gasteiger partial charge >= 0.3 is 0 Å². The van der Waals surface area contributed by atoms with E-state index in [9.17, 15) is 9.18 Å². The van der Waals surface area contributed by atoms with E-state index in [-0.39, 0.29) is 17.8 Å². The molecule has 1 atom stereocenters. The van der Waals surface area contributed by atoms with E-state index in [1.54, 1.807) is 17.2 Å². The second-order valence-corrected chi connectivity index (χ2v) is 4.15. The Kier molecular flexibility index (Phi) is 2.02. The second kappa shape index (κ2) is 3.40. The fourth-order valence-electron chi connectivity index (χ4n) is 2.31. The maximum absolute atomic E-state index is 13.1. The summed E-state index contributed by atoms with van der Waals surface area (Å²) >= 11 is 0. The summed E-state index contributed by atoms with van der Waals surface area (Å²) < 4.78 is 13.1. The Morgan fingerprint density at radius 3 is 3.19 bits per heavy atom. The molecular weight excluding hydrogens is 207 g/mol. The fraction of sp³-hybridized carbons (Fsp3) is 0.333. The molecule has 1 saturated heterocycles. The van der Waals surface area contributed by atoms with Gasteiger partial charge in [-0.1, -0.05) is 0 Å². The lowest BCUT2D eigenvalue weighted by molar-refractivity contribution is 0.0774. The summed E-state index contributed by atoms with van der Waals surface area (Å²) in [5.74, 6) is -0.491. The molecule has 0 radical (unpaired) electrons. The maximum atomic E-state index is 13.1. The number of amides is 1. The highest BCUT2D eigenvalue weighted by molar-refractivity contribution is 6.02. The summed E-state index contributed by atoms with van der Waals surface area (Å²) in [6.45, 7) is 0.742. The van der Waals surface area contributed by atoms with Crippen molar-refractivity contribution >= 4 is 17.8 Å². The molecule has 1 aromatic rings. The number of halogens is 1. The minimum Gasteiger partial charge on any atom is -0.331 e. The van der Waals surface area contributed by atoms with Crippen LogP contribution < -0.4 is 0 Å². The van der Waals surface area contributed by atoms with E-state index < -0.39 is 0 Å². The van der Waals surface area contributed by atoms with Crippen molar-refractivity contribution in [3.8, 4) is 0 Å². The molecule has 16 heavy (non-hydrogen) atoms. The third kappa shape index (κ3) is 1.33. The van der Waals surface area contributed by atoms with Crippen molar-refractivity contribution in [1.29, 1.82) is 0 Å². The predicted octanol–water partition coefficient (Wildman–Crippen LogP) is 2.15. The molecule has 82 valence electrons. The SMILES string of the molecule is O=C1c2cc(F)ccc2N=C[C@@H]2CCCN12. The summed E-state index contributed by atoms with van der Waals surface area (Å²) in [5.41, 5.74) is 0.946. The van der Waals surface area contributed by atoms with Crippen LogP contribution in [0.3, 0.4) is 0 Å². The van der Waals surface area contributed by atoms with Gasteiger partial charge in [0, 0.05) is 12.8 Å². The first-order valence-corrected chi connectivity index (χ1v) is 5.40. The Labute approximate surface area is 92.6 Å². The Hall–Kier alpha value is -1.71. The van der Waals surface area contributed by atoms with E-state index in [1.165, 1.54) is 12.1 Å². The number of nitrogens with zero attached hydrogens (tertiary/aromatic N) is 2. The number of carbonyl (C=O) groups excluding carboxylic acids is 1. The first kappa shape index (κ1) is 9.51. The molecule has 0 unspecified atom stereocenters. The van der Waals surface area contributed by atoms with Gasteiger partial charge in [-0.15, -0.1) is 0 Å². The maximum Gasteiger partial charge on any atom is 0.256 e. The van der Waals surface area contributed by atoms with Crippen LogP contribution in [-0.2, 0) is 0 Å². The lowest BCUT2D eigenvalue weighted by Gasteiger charge is -2.19. The highest BCUT2D eigenvalue weighted by Crippen LogP contribution is 2.28. The van der Waals surface area contributed by atoms with Crippen LogP contribution in [0.25, 0.3) is 0 Å². The van der Waals surface area contributed by atoms with Gasteiger partial charge < -0.3 is 4.90 Å². The van der Waals surface area contributed by atoms with Gasteiger partial charge in [0.05, 0.1) is 17.3 Å². The Bertz CT molecular complexity index is 484. The number of hydrogen-bond acceptors (Lipinski definition) is 2. The summed E-state index contributed by atoms with van der Waals surface area (Å²) in [4.78, 5) is 18.2.